The Kier molecular flexibility index (Phi) is 5.69. The van der Waals surface area contributed by atoms with Crippen molar-refractivity contribution in [3.63, 3.8) is 0 Å². The van der Waals surface area contributed by atoms with E-state index in [-0.39, 0.29) is 51.4 Å². The SMILES string of the molecule is CS(=O)(=O)c1cc([B-](F)(F)F)ccc1F.[K+]. The van der Waals surface area contributed by atoms with Crippen LogP contribution in [-0.2, 0) is 9.84 Å². The van der Waals surface area contributed by atoms with E-state index in [1.54, 1.807) is 0 Å². The molecule has 0 radical (unpaired) electrons. The van der Waals surface area contributed by atoms with E-state index in [0.29, 0.717) is 24.5 Å². The molecule has 0 unspecified atom stereocenters. The van der Waals surface area contributed by atoms with Crippen LogP contribution in [0.2, 0.25) is 0 Å². The summed E-state index contributed by atoms with van der Waals surface area (Å²) in [5.41, 5.74) is -1.13. The average Bonchev–Trinajstić information content (AvgIpc) is 2.00. The van der Waals surface area contributed by atoms with E-state index < -0.39 is 33.0 Å². The predicted molar refractivity (Wildman–Crippen MR) is 48.2 cm³/mol. The van der Waals surface area contributed by atoms with E-state index in [9.17, 15) is 25.8 Å². The Morgan fingerprint density at radius 1 is 1.19 bits per heavy atom. The van der Waals surface area contributed by atoms with Crippen LogP contribution in [0.5, 0.6) is 0 Å². The van der Waals surface area contributed by atoms with Gasteiger partial charge in [0.1, 0.15) is 5.82 Å². The molecule has 0 aromatic heterocycles. The third kappa shape index (κ3) is 4.12. The zero-order valence-corrected chi connectivity index (χ0v) is 12.5. The molecule has 0 aliphatic heterocycles. The maximum atomic E-state index is 12.9. The van der Waals surface area contributed by atoms with Crippen molar-refractivity contribution >= 4 is 22.3 Å². The first-order chi connectivity index (χ1) is 6.62. The third-order valence-electron chi connectivity index (χ3n) is 1.73. The van der Waals surface area contributed by atoms with E-state index in [0.717, 1.165) is 0 Å². The van der Waals surface area contributed by atoms with Gasteiger partial charge >= 0.3 is 58.4 Å². The summed E-state index contributed by atoms with van der Waals surface area (Å²) in [5.74, 6) is -1.18. The molecule has 0 spiro atoms. The number of sulfone groups is 1. The van der Waals surface area contributed by atoms with Crippen LogP contribution in [0.1, 0.15) is 0 Å². The molecule has 0 saturated heterocycles. The molecule has 2 nitrogen and oxygen atoms in total. The van der Waals surface area contributed by atoms with Crippen LogP contribution in [0, 0.1) is 5.82 Å². The number of hydrogen-bond donors (Lipinski definition) is 0. The van der Waals surface area contributed by atoms with E-state index in [2.05, 4.69) is 0 Å². The minimum absolute atomic E-state index is 0. The standard InChI is InChI=1S/C7H6BF4O2S.K/c1-15(13,14)7-4-5(8(10,11)12)2-3-6(7)9;/h2-4H,1H3;/q-1;+1. The summed E-state index contributed by atoms with van der Waals surface area (Å²) in [6.45, 7) is -5.32. The molecule has 9 heteroatoms. The van der Waals surface area contributed by atoms with Gasteiger partial charge in [-0.2, -0.15) is 0 Å². The smallest absolute Gasteiger partial charge is 0.445 e. The van der Waals surface area contributed by atoms with Gasteiger partial charge in [0, 0.05) is 6.26 Å². The predicted octanol–water partition coefficient (Wildman–Crippen LogP) is -1.71. The fourth-order valence-corrected chi connectivity index (χ4v) is 1.78. The first kappa shape index (κ1) is 16.6. The minimum atomic E-state index is -5.32. The molecule has 0 fully saturated rings. The largest absolute Gasteiger partial charge is 1.00 e. The number of benzene rings is 1. The molecule has 0 aliphatic carbocycles. The topological polar surface area (TPSA) is 34.1 Å². The number of halogens is 4. The normalized spacial score (nSPS) is 12.1. The minimum Gasteiger partial charge on any atom is -0.445 e. The summed E-state index contributed by atoms with van der Waals surface area (Å²) in [7, 11) is -3.98. The molecule has 0 saturated carbocycles. The van der Waals surface area contributed by atoms with Crippen LogP contribution in [0.25, 0.3) is 0 Å². The van der Waals surface area contributed by atoms with Gasteiger partial charge in [-0.05, 0) is 6.07 Å². The van der Waals surface area contributed by atoms with Gasteiger partial charge in [0.15, 0.2) is 9.84 Å². The van der Waals surface area contributed by atoms with Crippen LogP contribution >= 0.6 is 0 Å². The molecule has 1 aromatic carbocycles. The molecule has 1 rings (SSSR count). The molecule has 84 valence electrons. The Balaban J connectivity index is 0.00000225. The number of rotatable bonds is 2. The summed E-state index contributed by atoms with van der Waals surface area (Å²) in [5, 5.41) is 0. The van der Waals surface area contributed by atoms with E-state index in [1.165, 1.54) is 0 Å². The first-order valence-electron chi connectivity index (χ1n) is 3.82. The second-order valence-electron chi connectivity index (χ2n) is 3.04. The van der Waals surface area contributed by atoms with Crippen molar-refractivity contribution in [3.05, 3.63) is 24.0 Å². The van der Waals surface area contributed by atoms with E-state index in [1.807, 2.05) is 0 Å². The summed E-state index contributed by atoms with van der Waals surface area (Å²) in [6, 6.07) is 1.33. The maximum Gasteiger partial charge on any atom is 1.00 e. The summed E-state index contributed by atoms with van der Waals surface area (Å²) >= 11 is 0. The van der Waals surface area contributed by atoms with Crippen LogP contribution < -0.4 is 56.8 Å². The Morgan fingerprint density at radius 3 is 2.06 bits per heavy atom. The second kappa shape index (κ2) is 5.49. The van der Waals surface area contributed by atoms with Crippen LogP contribution in [-0.4, -0.2) is 21.7 Å². The summed E-state index contributed by atoms with van der Waals surface area (Å²) in [4.78, 5) is -0.931. The first-order valence-corrected chi connectivity index (χ1v) is 5.71. The van der Waals surface area contributed by atoms with Gasteiger partial charge in [-0.3, -0.25) is 0 Å². The zero-order chi connectivity index (χ0) is 11.9. The van der Waals surface area contributed by atoms with Gasteiger partial charge in [0.25, 0.3) is 0 Å². The average molecular weight is 280 g/mol. The van der Waals surface area contributed by atoms with Gasteiger partial charge in [-0.25, -0.2) is 12.8 Å². The van der Waals surface area contributed by atoms with Crippen LogP contribution in [0.3, 0.4) is 0 Å². The fraction of sp³-hybridized carbons (Fsp3) is 0.143. The molecule has 1 aromatic rings. The van der Waals surface area contributed by atoms with Crippen molar-refractivity contribution in [2.24, 2.45) is 0 Å². The Labute approximate surface area is 133 Å². The zero-order valence-electron chi connectivity index (χ0n) is 8.55. The van der Waals surface area contributed by atoms with Crippen molar-refractivity contribution in [2.75, 3.05) is 6.26 Å². The molecule has 0 bridgehead atoms. The fourth-order valence-electron chi connectivity index (χ4n) is 1.01. The molecule has 0 heterocycles. The number of hydrogen-bond acceptors (Lipinski definition) is 2. The van der Waals surface area contributed by atoms with Gasteiger partial charge < -0.3 is 12.9 Å². The summed E-state index contributed by atoms with van der Waals surface area (Å²) in [6.07, 6.45) is 0.651. The van der Waals surface area contributed by atoms with Gasteiger partial charge in [-0.1, -0.05) is 12.1 Å². The molecule has 16 heavy (non-hydrogen) atoms. The van der Waals surface area contributed by atoms with Crippen molar-refractivity contribution in [3.8, 4) is 0 Å². The van der Waals surface area contributed by atoms with Crippen molar-refractivity contribution in [1.82, 2.24) is 0 Å². The Morgan fingerprint density at radius 2 is 1.69 bits per heavy atom. The molecule has 0 atom stereocenters. The second-order valence-corrected chi connectivity index (χ2v) is 5.02. The van der Waals surface area contributed by atoms with Crippen molar-refractivity contribution < 1.29 is 77.1 Å². The van der Waals surface area contributed by atoms with Crippen LogP contribution in [0.15, 0.2) is 23.1 Å². The quantitative estimate of drug-likeness (QED) is 0.477. The molecule has 0 amide bonds. The van der Waals surface area contributed by atoms with Crippen molar-refractivity contribution in [2.45, 2.75) is 4.90 Å². The molecule has 0 N–H and O–H groups in total. The van der Waals surface area contributed by atoms with Gasteiger partial charge in [-0.15, -0.1) is 5.46 Å². The van der Waals surface area contributed by atoms with Crippen molar-refractivity contribution in [1.29, 1.82) is 0 Å². The third-order valence-corrected chi connectivity index (χ3v) is 2.84. The monoisotopic (exact) mass is 280 g/mol. The van der Waals surface area contributed by atoms with Gasteiger partial charge in [0.05, 0.1) is 4.90 Å². The molecular weight excluding hydrogens is 274 g/mol. The van der Waals surface area contributed by atoms with E-state index >= 15 is 0 Å². The van der Waals surface area contributed by atoms with E-state index in [4.69, 9.17) is 0 Å². The maximum absolute atomic E-state index is 12.9. The Hall–Kier alpha value is 0.591. The van der Waals surface area contributed by atoms with Gasteiger partial charge in [0.2, 0.25) is 0 Å². The molecular formula is C7H6BF4KO2S. The van der Waals surface area contributed by atoms with Crippen LogP contribution in [0.4, 0.5) is 17.3 Å². The molecule has 0 aliphatic rings. The summed E-state index contributed by atoms with van der Waals surface area (Å²) < 4.78 is 71.5. The Bertz CT molecular complexity index is 486.